The molecule has 0 unspecified atom stereocenters. The van der Waals surface area contributed by atoms with Gasteiger partial charge in [0.2, 0.25) is 0 Å². The first kappa shape index (κ1) is 20.7. The maximum Gasteiger partial charge on any atom is 0.161 e. The quantitative estimate of drug-likeness (QED) is 0.233. The average molecular weight is 431 g/mol. The Morgan fingerprint density at radius 2 is 1.33 bits per heavy atom. The van der Waals surface area contributed by atoms with Crippen molar-refractivity contribution in [1.29, 1.82) is 0 Å². The molecule has 0 saturated heterocycles. The molecule has 0 bridgehead atoms. The van der Waals surface area contributed by atoms with Crippen LogP contribution in [0, 0.1) is 5.92 Å². The SMILES string of the molecule is C/C(=C\c1c2ccccc2c(Sc2ccc(Cl)cc2)c2ccccc12)C(=O)C(C)C. The molecule has 4 aromatic carbocycles. The predicted octanol–water partition coefficient (Wildman–Crippen LogP) is 8.43. The van der Waals surface area contributed by atoms with Gasteiger partial charge in [-0.2, -0.15) is 0 Å². The normalized spacial score (nSPS) is 12.1. The summed E-state index contributed by atoms with van der Waals surface area (Å²) in [5, 5.41) is 5.42. The molecular weight excluding hydrogens is 408 g/mol. The topological polar surface area (TPSA) is 17.1 Å². The fourth-order valence-electron chi connectivity index (χ4n) is 3.75. The molecule has 0 aliphatic carbocycles. The molecule has 0 heterocycles. The molecule has 0 aromatic heterocycles. The highest BCUT2D eigenvalue weighted by Crippen LogP contribution is 2.42. The van der Waals surface area contributed by atoms with E-state index in [4.69, 9.17) is 11.6 Å². The van der Waals surface area contributed by atoms with Crippen molar-refractivity contribution in [3.8, 4) is 0 Å². The van der Waals surface area contributed by atoms with Crippen molar-refractivity contribution in [1.82, 2.24) is 0 Å². The summed E-state index contributed by atoms with van der Waals surface area (Å²) in [6.07, 6.45) is 2.06. The van der Waals surface area contributed by atoms with Crippen LogP contribution in [-0.4, -0.2) is 5.78 Å². The number of rotatable bonds is 5. The van der Waals surface area contributed by atoms with Crippen molar-refractivity contribution in [2.24, 2.45) is 5.92 Å². The lowest BCUT2D eigenvalue weighted by Crippen LogP contribution is -2.07. The van der Waals surface area contributed by atoms with Gasteiger partial charge < -0.3 is 0 Å². The van der Waals surface area contributed by atoms with Crippen LogP contribution in [-0.2, 0) is 4.79 Å². The van der Waals surface area contributed by atoms with Crippen molar-refractivity contribution in [3.05, 3.63) is 89.0 Å². The third-order valence-electron chi connectivity index (χ3n) is 5.23. The molecule has 4 aromatic rings. The van der Waals surface area contributed by atoms with Crippen molar-refractivity contribution >= 4 is 56.8 Å². The molecule has 0 radical (unpaired) electrons. The molecule has 0 aliphatic rings. The van der Waals surface area contributed by atoms with Crippen LogP contribution >= 0.6 is 23.4 Å². The lowest BCUT2D eigenvalue weighted by atomic mass is 9.93. The zero-order chi connectivity index (χ0) is 21.3. The summed E-state index contributed by atoms with van der Waals surface area (Å²) in [5.41, 5.74) is 1.89. The van der Waals surface area contributed by atoms with Crippen LogP contribution in [0.5, 0.6) is 0 Å². The van der Waals surface area contributed by atoms with E-state index in [2.05, 4.69) is 66.7 Å². The Bertz CT molecular complexity index is 1210. The first-order valence-corrected chi connectivity index (χ1v) is 11.2. The Morgan fingerprint density at radius 1 is 0.833 bits per heavy atom. The van der Waals surface area contributed by atoms with E-state index in [1.165, 1.54) is 15.7 Å². The Hall–Kier alpha value is -2.55. The number of benzene rings is 4. The number of carbonyl (C=O) groups is 1. The number of hydrogen-bond donors (Lipinski definition) is 0. The van der Waals surface area contributed by atoms with Gasteiger partial charge in [0, 0.05) is 20.7 Å². The summed E-state index contributed by atoms with van der Waals surface area (Å²) >= 11 is 7.83. The third-order valence-corrected chi connectivity index (χ3v) is 6.63. The molecule has 0 fully saturated rings. The smallest absolute Gasteiger partial charge is 0.161 e. The van der Waals surface area contributed by atoms with E-state index in [-0.39, 0.29) is 11.7 Å². The molecule has 0 spiro atoms. The van der Waals surface area contributed by atoms with Crippen molar-refractivity contribution in [2.75, 3.05) is 0 Å². The molecular formula is C27H23ClOS. The number of Topliss-reactive ketones (excluding diaryl/α,β-unsaturated/α-hetero) is 1. The second-order valence-electron chi connectivity index (χ2n) is 7.74. The molecule has 30 heavy (non-hydrogen) atoms. The van der Waals surface area contributed by atoms with Gasteiger partial charge in [0.05, 0.1) is 0 Å². The van der Waals surface area contributed by atoms with Gasteiger partial charge in [0.25, 0.3) is 0 Å². The zero-order valence-corrected chi connectivity index (χ0v) is 18.8. The summed E-state index contributed by atoms with van der Waals surface area (Å²) in [7, 11) is 0. The molecule has 0 saturated carbocycles. The summed E-state index contributed by atoms with van der Waals surface area (Å²) in [6.45, 7) is 5.81. The number of fused-ring (bicyclic) bond motifs is 2. The Morgan fingerprint density at radius 3 is 1.83 bits per heavy atom. The third kappa shape index (κ3) is 4.03. The van der Waals surface area contributed by atoms with Crippen molar-refractivity contribution < 1.29 is 4.79 Å². The first-order valence-electron chi connectivity index (χ1n) is 10.0. The van der Waals surface area contributed by atoms with Gasteiger partial charge in [-0.3, -0.25) is 4.79 Å². The Kier molecular flexibility index (Phi) is 5.99. The van der Waals surface area contributed by atoms with E-state index in [9.17, 15) is 4.79 Å². The maximum atomic E-state index is 12.6. The first-order chi connectivity index (χ1) is 14.5. The monoisotopic (exact) mass is 430 g/mol. The van der Waals surface area contributed by atoms with Crippen LogP contribution in [0.3, 0.4) is 0 Å². The standard InChI is InChI=1S/C27H23ClOS/c1-17(2)26(29)18(3)16-25-21-8-4-6-10-23(21)27(24-11-7-5-9-22(24)25)30-20-14-12-19(28)13-15-20/h4-17H,1-3H3/b18-16+. The minimum absolute atomic E-state index is 0.0153. The maximum absolute atomic E-state index is 12.6. The van der Waals surface area contributed by atoms with Gasteiger partial charge >= 0.3 is 0 Å². The summed E-state index contributed by atoms with van der Waals surface area (Å²) in [5.74, 6) is 0.168. The molecule has 0 atom stereocenters. The molecule has 0 aliphatic heterocycles. The highest BCUT2D eigenvalue weighted by molar-refractivity contribution is 7.99. The number of hydrogen-bond acceptors (Lipinski definition) is 2. The van der Waals surface area contributed by atoms with Crippen LogP contribution in [0.25, 0.3) is 27.6 Å². The zero-order valence-electron chi connectivity index (χ0n) is 17.3. The number of carbonyl (C=O) groups excluding carboxylic acids is 1. The second-order valence-corrected chi connectivity index (χ2v) is 9.26. The lowest BCUT2D eigenvalue weighted by molar-refractivity contribution is -0.118. The Balaban J connectivity index is 2.00. The van der Waals surface area contributed by atoms with Gasteiger partial charge in [-0.1, -0.05) is 85.7 Å². The van der Waals surface area contributed by atoms with Gasteiger partial charge in [0.1, 0.15) is 0 Å². The fourth-order valence-corrected chi connectivity index (χ4v) is 4.96. The van der Waals surface area contributed by atoms with E-state index in [1.54, 1.807) is 11.8 Å². The van der Waals surface area contributed by atoms with Crippen LogP contribution < -0.4 is 0 Å². The van der Waals surface area contributed by atoms with Gasteiger partial charge in [0.15, 0.2) is 5.78 Å². The predicted molar refractivity (Wildman–Crippen MR) is 131 cm³/mol. The summed E-state index contributed by atoms with van der Waals surface area (Å²) < 4.78 is 0. The van der Waals surface area contributed by atoms with Gasteiger partial charge in [-0.15, -0.1) is 0 Å². The van der Waals surface area contributed by atoms with Gasteiger partial charge in [-0.25, -0.2) is 0 Å². The highest BCUT2D eigenvalue weighted by atomic mass is 35.5. The minimum Gasteiger partial charge on any atom is -0.294 e. The van der Waals surface area contributed by atoms with E-state index in [1.807, 2.05) is 32.9 Å². The molecule has 0 amide bonds. The van der Waals surface area contributed by atoms with Crippen LogP contribution in [0.15, 0.2) is 88.2 Å². The average Bonchev–Trinajstić information content (AvgIpc) is 2.76. The summed E-state index contributed by atoms with van der Waals surface area (Å²) in [6, 6.07) is 24.8. The van der Waals surface area contributed by atoms with E-state index in [0.717, 1.165) is 31.8 Å². The van der Waals surface area contributed by atoms with E-state index >= 15 is 0 Å². The number of allylic oxidation sites excluding steroid dienone is 1. The lowest BCUT2D eigenvalue weighted by Gasteiger charge is -2.16. The molecule has 4 rings (SSSR count). The molecule has 150 valence electrons. The minimum atomic E-state index is -0.0153. The number of ketones is 1. The van der Waals surface area contributed by atoms with Crippen LogP contribution in [0.1, 0.15) is 26.3 Å². The van der Waals surface area contributed by atoms with E-state index < -0.39 is 0 Å². The number of halogens is 1. The van der Waals surface area contributed by atoms with Crippen molar-refractivity contribution in [3.63, 3.8) is 0 Å². The van der Waals surface area contributed by atoms with E-state index in [0.29, 0.717) is 0 Å². The molecule has 1 nitrogen and oxygen atoms in total. The van der Waals surface area contributed by atoms with Crippen LogP contribution in [0.4, 0.5) is 0 Å². The summed E-state index contributed by atoms with van der Waals surface area (Å²) in [4.78, 5) is 14.9. The molecule has 0 N–H and O–H groups in total. The largest absolute Gasteiger partial charge is 0.294 e. The second kappa shape index (κ2) is 8.67. The van der Waals surface area contributed by atoms with Crippen LogP contribution in [0.2, 0.25) is 5.02 Å². The fraction of sp³-hybridized carbons (Fsp3) is 0.148. The Labute approximate surface area is 186 Å². The molecule has 3 heteroatoms. The highest BCUT2D eigenvalue weighted by Gasteiger charge is 2.16. The van der Waals surface area contributed by atoms with Crippen molar-refractivity contribution in [2.45, 2.75) is 30.6 Å². The van der Waals surface area contributed by atoms with Gasteiger partial charge in [-0.05, 0) is 69.9 Å².